The first-order valence-electron chi connectivity index (χ1n) is 9.89. The highest BCUT2D eigenvalue weighted by Crippen LogP contribution is 2.31. The Kier molecular flexibility index (Phi) is 5.74. The second-order valence-electron chi connectivity index (χ2n) is 6.95. The number of hydrogen-bond donors (Lipinski definition) is 1. The third kappa shape index (κ3) is 4.44. The van der Waals surface area contributed by atoms with Crippen molar-refractivity contribution in [2.45, 2.75) is 24.1 Å². The van der Waals surface area contributed by atoms with Crippen molar-refractivity contribution in [3.05, 3.63) is 83.7 Å². The van der Waals surface area contributed by atoms with Crippen LogP contribution >= 0.6 is 23.1 Å². The van der Waals surface area contributed by atoms with Gasteiger partial charge in [0.1, 0.15) is 5.76 Å². The van der Waals surface area contributed by atoms with Crippen LogP contribution < -0.4 is 5.32 Å². The summed E-state index contributed by atoms with van der Waals surface area (Å²) >= 11 is 3.07. The summed E-state index contributed by atoms with van der Waals surface area (Å²) < 4.78 is 12.0. The number of para-hydroxylation sites is 1. The van der Waals surface area contributed by atoms with E-state index in [2.05, 4.69) is 20.4 Å². The van der Waals surface area contributed by atoms with Gasteiger partial charge in [-0.05, 0) is 36.4 Å². The fraction of sp³-hybridized carbons (Fsp3) is 0.130. The second kappa shape index (κ2) is 8.97. The maximum atomic E-state index is 12.8. The van der Waals surface area contributed by atoms with E-state index in [-0.39, 0.29) is 12.5 Å². The molecule has 160 valence electrons. The van der Waals surface area contributed by atoms with Crippen LogP contribution in [0.4, 0.5) is 0 Å². The molecule has 3 aromatic heterocycles. The molecule has 0 saturated carbocycles. The number of benzene rings is 2. The van der Waals surface area contributed by atoms with Crippen LogP contribution in [0.5, 0.6) is 0 Å². The van der Waals surface area contributed by atoms with Gasteiger partial charge in [-0.2, -0.15) is 4.98 Å². The zero-order valence-electron chi connectivity index (χ0n) is 17.1. The van der Waals surface area contributed by atoms with Gasteiger partial charge in [0.2, 0.25) is 5.89 Å². The number of amides is 1. The lowest BCUT2D eigenvalue weighted by atomic mass is 10.2. The van der Waals surface area contributed by atoms with Gasteiger partial charge in [-0.1, -0.05) is 29.4 Å². The number of thioether (sulfide) groups is 1. The van der Waals surface area contributed by atoms with Crippen molar-refractivity contribution < 1.29 is 13.7 Å². The van der Waals surface area contributed by atoms with Crippen LogP contribution in [0.3, 0.4) is 0 Å². The summed E-state index contributed by atoms with van der Waals surface area (Å²) in [7, 11) is 0. The maximum absolute atomic E-state index is 12.8. The molecule has 5 rings (SSSR count). The van der Waals surface area contributed by atoms with Crippen molar-refractivity contribution in [1.29, 1.82) is 0 Å². The highest BCUT2D eigenvalue weighted by molar-refractivity contribution is 7.98. The molecule has 0 bridgehead atoms. The Labute approximate surface area is 191 Å². The molecule has 0 radical (unpaired) electrons. The smallest absolute Gasteiger partial charge is 0.252 e. The fourth-order valence-corrected chi connectivity index (χ4v) is 4.97. The fourth-order valence-electron chi connectivity index (χ4n) is 3.15. The van der Waals surface area contributed by atoms with Crippen LogP contribution in [0, 0.1) is 6.92 Å². The number of nitrogens with one attached hydrogen (secondary N) is 1. The van der Waals surface area contributed by atoms with Crippen LogP contribution in [0.2, 0.25) is 0 Å². The minimum Gasteiger partial charge on any atom is -0.457 e. The molecule has 0 spiro atoms. The van der Waals surface area contributed by atoms with E-state index in [0.717, 1.165) is 20.1 Å². The number of carbonyl (C=O) groups is 1. The molecule has 1 N–H and O–H groups in total. The molecule has 0 aliphatic rings. The first-order valence-corrected chi connectivity index (χ1v) is 11.7. The molecule has 0 aliphatic carbocycles. The van der Waals surface area contributed by atoms with E-state index >= 15 is 0 Å². The molecular weight excluding hydrogens is 444 g/mol. The molecule has 9 heteroatoms. The number of rotatable bonds is 7. The molecule has 2 aromatic carbocycles. The zero-order valence-corrected chi connectivity index (χ0v) is 18.7. The van der Waals surface area contributed by atoms with Gasteiger partial charge in [0, 0.05) is 11.8 Å². The van der Waals surface area contributed by atoms with Crippen molar-refractivity contribution in [2.24, 2.45) is 0 Å². The van der Waals surface area contributed by atoms with Crippen molar-refractivity contribution in [2.75, 3.05) is 0 Å². The lowest BCUT2D eigenvalue weighted by molar-refractivity contribution is 0.0945. The number of carbonyl (C=O) groups excluding carboxylic acids is 1. The van der Waals surface area contributed by atoms with Gasteiger partial charge in [-0.3, -0.25) is 4.79 Å². The third-order valence-corrected chi connectivity index (χ3v) is 6.77. The molecule has 0 aliphatic heterocycles. The third-order valence-electron chi connectivity index (χ3n) is 4.65. The van der Waals surface area contributed by atoms with Crippen LogP contribution in [-0.2, 0) is 12.3 Å². The predicted octanol–water partition coefficient (Wildman–Crippen LogP) is 5.47. The van der Waals surface area contributed by atoms with Crippen molar-refractivity contribution in [3.63, 3.8) is 0 Å². The lowest BCUT2D eigenvalue weighted by Gasteiger charge is -2.08. The number of aryl methyl sites for hydroxylation is 1. The molecule has 7 nitrogen and oxygen atoms in total. The summed E-state index contributed by atoms with van der Waals surface area (Å²) in [6.45, 7) is 2.03. The van der Waals surface area contributed by atoms with Crippen LogP contribution in [0.1, 0.15) is 27.8 Å². The maximum Gasteiger partial charge on any atom is 0.252 e. The summed E-state index contributed by atoms with van der Waals surface area (Å²) in [5, 5.41) is 7.66. The van der Waals surface area contributed by atoms with E-state index < -0.39 is 0 Å². The first kappa shape index (κ1) is 20.5. The van der Waals surface area contributed by atoms with E-state index in [9.17, 15) is 4.79 Å². The van der Waals surface area contributed by atoms with Crippen molar-refractivity contribution >= 4 is 39.2 Å². The van der Waals surface area contributed by atoms with Crippen LogP contribution in [0.25, 0.3) is 21.0 Å². The average molecular weight is 463 g/mol. The molecule has 1 amide bonds. The number of thiazole rings is 1. The molecule has 3 heterocycles. The topological polar surface area (TPSA) is 94.1 Å². The first-order chi connectivity index (χ1) is 15.7. The highest BCUT2D eigenvalue weighted by atomic mass is 32.2. The molecule has 0 unspecified atom stereocenters. The quantitative estimate of drug-likeness (QED) is 0.321. The standard InChI is InChI=1S/C23H18N4O3S2/c1-14-25-21(27-30-14)13-31-19-8-4-2-6-16(19)22(28)24-12-15-10-11-18(29-15)23-26-17-7-3-5-9-20(17)32-23/h2-11H,12-13H2,1H3,(H,24,28). The SMILES string of the molecule is Cc1nc(CSc2ccccc2C(=O)NCc2ccc(-c3nc4ccccc4s3)o2)no1. The van der Waals surface area contributed by atoms with Gasteiger partial charge >= 0.3 is 0 Å². The highest BCUT2D eigenvalue weighted by Gasteiger charge is 2.15. The second-order valence-corrected chi connectivity index (χ2v) is 9.00. The van der Waals surface area contributed by atoms with Crippen LogP contribution in [0.15, 0.2) is 74.5 Å². The number of nitrogens with zero attached hydrogens (tertiary/aromatic N) is 3. The van der Waals surface area contributed by atoms with E-state index in [4.69, 9.17) is 8.94 Å². The van der Waals surface area contributed by atoms with Crippen molar-refractivity contribution in [3.8, 4) is 10.8 Å². The molecule has 0 saturated heterocycles. The van der Waals surface area contributed by atoms with Gasteiger partial charge in [0.25, 0.3) is 5.91 Å². The predicted molar refractivity (Wildman–Crippen MR) is 124 cm³/mol. The van der Waals surface area contributed by atoms with Gasteiger partial charge in [-0.15, -0.1) is 23.1 Å². The Balaban J connectivity index is 1.24. The largest absolute Gasteiger partial charge is 0.457 e. The van der Waals surface area contributed by atoms with E-state index in [0.29, 0.717) is 34.6 Å². The summed E-state index contributed by atoms with van der Waals surface area (Å²) in [6, 6.07) is 19.2. The minimum atomic E-state index is -0.171. The molecule has 32 heavy (non-hydrogen) atoms. The summed E-state index contributed by atoms with van der Waals surface area (Å²) in [5.74, 6) is 2.83. The van der Waals surface area contributed by atoms with Gasteiger partial charge in [-0.25, -0.2) is 4.98 Å². The monoisotopic (exact) mass is 462 g/mol. The Morgan fingerprint density at radius 2 is 1.91 bits per heavy atom. The Hall–Kier alpha value is -3.43. The summed E-state index contributed by atoms with van der Waals surface area (Å²) in [5.41, 5.74) is 1.54. The van der Waals surface area contributed by atoms with E-state index in [1.54, 1.807) is 24.3 Å². The Morgan fingerprint density at radius 3 is 2.75 bits per heavy atom. The molecular formula is C23H18N4O3S2. The summed E-state index contributed by atoms with van der Waals surface area (Å²) in [6.07, 6.45) is 0. The molecule has 0 fully saturated rings. The van der Waals surface area contributed by atoms with E-state index in [1.165, 1.54) is 11.8 Å². The molecule has 5 aromatic rings. The summed E-state index contributed by atoms with van der Waals surface area (Å²) in [4.78, 5) is 22.5. The number of aromatic nitrogens is 3. The zero-order chi connectivity index (χ0) is 21.9. The van der Waals surface area contributed by atoms with Gasteiger partial charge < -0.3 is 14.3 Å². The van der Waals surface area contributed by atoms with E-state index in [1.807, 2.05) is 54.6 Å². The van der Waals surface area contributed by atoms with Crippen molar-refractivity contribution in [1.82, 2.24) is 20.4 Å². The van der Waals surface area contributed by atoms with Gasteiger partial charge in [0.15, 0.2) is 16.6 Å². The Bertz CT molecular complexity index is 1360. The Morgan fingerprint density at radius 1 is 1.06 bits per heavy atom. The van der Waals surface area contributed by atoms with Gasteiger partial charge in [0.05, 0.1) is 28.1 Å². The number of furan rings is 1. The van der Waals surface area contributed by atoms with Crippen LogP contribution in [-0.4, -0.2) is 21.0 Å². The minimum absolute atomic E-state index is 0.171. The lowest BCUT2D eigenvalue weighted by Crippen LogP contribution is -2.23. The number of fused-ring (bicyclic) bond motifs is 1. The molecule has 0 atom stereocenters. The normalized spacial score (nSPS) is 11.2. The average Bonchev–Trinajstić information content (AvgIpc) is 3.55. The number of hydrogen-bond acceptors (Lipinski definition) is 8.